The molecule has 0 bridgehead atoms. The molecule has 1 amide bonds. The molecule has 0 fully saturated rings. The van der Waals surface area contributed by atoms with E-state index < -0.39 is 18.5 Å². The highest BCUT2D eigenvalue weighted by molar-refractivity contribution is 5.77. The van der Waals surface area contributed by atoms with Crippen molar-refractivity contribution in [2.75, 3.05) is 165 Å². The summed E-state index contributed by atoms with van der Waals surface area (Å²) in [5.41, 5.74) is 0. The minimum absolute atomic E-state index is 0.300. The first-order valence-corrected chi connectivity index (χ1v) is 18.1. The van der Waals surface area contributed by atoms with Gasteiger partial charge in [0.15, 0.2) is 0 Å². The van der Waals surface area contributed by atoms with Crippen LogP contribution in [0.15, 0.2) is 0 Å². The van der Waals surface area contributed by atoms with E-state index in [0.29, 0.717) is 145 Å². The molecule has 0 heterocycles. The van der Waals surface area contributed by atoms with Crippen LogP contribution in [0.1, 0.15) is 45.4 Å². The van der Waals surface area contributed by atoms with E-state index >= 15 is 0 Å². The maximum Gasteiger partial charge on any atom is 0.329 e. The largest absolute Gasteiger partial charge is 0.480 e. The lowest BCUT2D eigenvalue weighted by atomic mass is 10.1. The number of carbonyl (C=O) groups is 2. The van der Waals surface area contributed by atoms with Gasteiger partial charge >= 0.3 is 5.97 Å². The molecule has 16 nitrogen and oxygen atoms in total. The number of aliphatic carboxylic acids is 1. The van der Waals surface area contributed by atoms with Crippen LogP contribution in [0, 0.1) is 0 Å². The third kappa shape index (κ3) is 44.5. The zero-order valence-electron chi connectivity index (χ0n) is 30.6. The summed E-state index contributed by atoms with van der Waals surface area (Å²) in [5, 5.41) is 11.0. The first-order chi connectivity index (χ1) is 24.7. The van der Waals surface area contributed by atoms with Gasteiger partial charge in [0.25, 0.3) is 0 Å². The third-order valence-electron chi connectivity index (χ3n) is 6.39. The third-order valence-corrected chi connectivity index (χ3v) is 6.39. The van der Waals surface area contributed by atoms with Gasteiger partial charge in [0.1, 0.15) is 13.2 Å². The van der Waals surface area contributed by atoms with Crippen molar-refractivity contribution >= 4 is 11.9 Å². The van der Waals surface area contributed by atoms with Crippen LogP contribution in [0.2, 0.25) is 0 Å². The SMILES string of the molecule is CCCCCCCCOCCOCCOCCOCCOCCOCCOCCOCCOCCOCCOCCNC(=O)COCC(=O)O. The number of unbranched alkanes of at least 4 members (excludes halogenated alkanes) is 5. The fraction of sp³-hybridized carbons (Fsp3) is 0.941. The molecule has 0 aliphatic heterocycles. The van der Waals surface area contributed by atoms with E-state index in [0.717, 1.165) is 13.0 Å². The van der Waals surface area contributed by atoms with Gasteiger partial charge in [-0.05, 0) is 6.42 Å². The number of ether oxygens (including phenoxy) is 12. The fourth-order valence-electron chi connectivity index (χ4n) is 3.83. The van der Waals surface area contributed by atoms with E-state index in [-0.39, 0.29) is 6.61 Å². The van der Waals surface area contributed by atoms with E-state index in [1.165, 1.54) is 32.1 Å². The molecule has 0 aromatic carbocycles. The van der Waals surface area contributed by atoms with Crippen molar-refractivity contribution in [3.63, 3.8) is 0 Å². The summed E-state index contributed by atoms with van der Waals surface area (Å²) < 4.78 is 64.8. The van der Waals surface area contributed by atoms with Crippen LogP contribution in [-0.2, 0) is 66.4 Å². The molecule has 0 saturated heterocycles. The molecule has 0 radical (unpaired) electrons. The van der Waals surface area contributed by atoms with Gasteiger partial charge in [-0.2, -0.15) is 0 Å². The smallest absolute Gasteiger partial charge is 0.329 e. The van der Waals surface area contributed by atoms with Gasteiger partial charge in [0.2, 0.25) is 5.91 Å². The molecule has 50 heavy (non-hydrogen) atoms. The minimum atomic E-state index is -1.12. The maximum atomic E-state index is 11.4. The Morgan fingerprint density at radius 2 is 0.680 bits per heavy atom. The van der Waals surface area contributed by atoms with Crippen LogP contribution in [0.3, 0.4) is 0 Å². The molecule has 0 atom stereocenters. The number of carboxylic acids is 1. The summed E-state index contributed by atoms with van der Waals surface area (Å²) in [6.07, 6.45) is 7.64. The Bertz CT molecular complexity index is 693. The summed E-state index contributed by atoms with van der Waals surface area (Å²) in [6, 6.07) is 0. The van der Waals surface area contributed by atoms with Crippen LogP contribution < -0.4 is 5.32 Å². The Balaban J connectivity index is 3.08. The molecule has 0 aromatic heterocycles. The number of carbonyl (C=O) groups excluding carboxylic acids is 1. The van der Waals surface area contributed by atoms with E-state index in [1.807, 2.05) is 0 Å². The molecule has 0 aliphatic rings. The molecular formula is C34H67NO15. The Morgan fingerprint density at radius 3 is 1.02 bits per heavy atom. The van der Waals surface area contributed by atoms with Crippen molar-refractivity contribution in [2.45, 2.75) is 45.4 Å². The molecule has 2 N–H and O–H groups in total. The summed E-state index contributed by atoms with van der Waals surface area (Å²) in [5.74, 6) is -1.52. The fourth-order valence-corrected chi connectivity index (χ4v) is 3.83. The van der Waals surface area contributed by atoms with Crippen LogP contribution in [0.4, 0.5) is 0 Å². The summed E-state index contributed by atoms with van der Waals surface area (Å²) in [4.78, 5) is 21.7. The Morgan fingerprint density at radius 1 is 0.380 bits per heavy atom. The quantitative estimate of drug-likeness (QED) is 0.0867. The first-order valence-electron chi connectivity index (χ1n) is 18.1. The Kier molecular flexibility index (Phi) is 42.3. The Labute approximate surface area is 299 Å². The average molecular weight is 730 g/mol. The summed E-state index contributed by atoms with van der Waals surface area (Å²) in [7, 11) is 0. The van der Waals surface area contributed by atoms with Gasteiger partial charge in [-0.3, -0.25) is 4.79 Å². The van der Waals surface area contributed by atoms with E-state index in [9.17, 15) is 9.59 Å². The van der Waals surface area contributed by atoms with Crippen LogP contribution >= 0.6 is 0 Å². The van der Waals surface area contributed by atoms with Crippen molar-refractivity contribution in [3.05, 3.63) is 0 Å². The molecular weight excluding hydrogens is 662 g/mol. The number of rotatable bonds is 44. The van der Waals surface area contributed by atoms with E-state index in [4.69, 9.17) is 57.2 Å². The number of nitrogens with one attached hydrogen (secondary N) is 1. The van der Waals surface area contributed by atoms with Gasteiger partial charge in [0.05, 0.1) is 139 Å². The lowest BCUT2D eigenvalue weighted by Crippen LogP contribution is -2.31. The molecule has 0 spiro atoms. The molecule has 0 aliphatic carbocycles. The standard InChI is InChI=1S/C34H67NO15/c1-2-3-4-5-6-7-9-39-11-13-41-15-17-43-19-21-45-23-25-47-27-29-49-30-28-48-26-24-46-22-20-44-18-16-42-14-12-40-10-8-35-33(36)31-50-32-34(37)38/h2-32H2,1H3,(H,35,36)(H,37,38). The van der Waals surface area contributed by atoms with Crippen LogP contribution in [-0.4, -0.2) is 182 Å². The number of hydrogen-bond acceptors (Lipinski definition) is 14. The predicted molar refractivity (Wildman–Crippen MR) is 184 cm³/mol. The zero-order chi connectivity index (χ0) is 36.3. The van der Waals surface area contributed by atoms with Crippen LogP contribution in [0.5, 0.6) is 0 Å². The highest BCUT2D eigenvalue weighted by Gasteiger charge is 2.03. The second kappa shape index (κ2) is 43.6. The molecule has 0 rings (SSSR count). The minimum Gasteiger partial charge on any atom is -0.480 e. The summed E-state index contributed by atoms with van der Waals surface area (Å²) in [6.45, 7) is 12.8. The van der Waals surface area contributed by atoms with Crippen molar-refractivity contribution < 1.29 is 71.5 Å². The van der Waals surface area contributed by atoms with Crippen molar-refractivity contribution in [1.82, 2.24) is 5.32 Å². The van der Waals surface area contributed by atoms with Crippen molar-refractivity contribution in [2.24, 2.45) is 0 Å². The van der Waals surface area contributed by atoms with Gasteiger partial charge in [-0.15, -0.1) is 0 Å². The van der Waals surface area contributed by atoms with Gasteiger partial charge in [0, 0.05) is 13.2 Å². The second-order valence-electron chi connectivity index (χ2n) is 10.7. The van der Waals surface area contributed by atoms with Gasteiger partial charge in [-0.1, -0.05) is 39.0 Å². The number of carboxylic acid groups (broad SMARTS) is 1. The van der Waals surface area contributed by atoms with Gasteiger partial charge in [-0.25, -0.2) is 4.79 Å². The van der Waals surface area contributed by atoms with Crippen molar-refractivity contribution in [1.29, 1.82) is 0 Å². The highest BCUT2D eigenvalue weighted by Crippen LogP contribution is 2.04. The van der Waals surface area contributed by atoms with Gasteiger partial charge < -0.3 is 67.3 Å². The number of amides is 1. The number of hydrogen-bond donors (Lipinski definition) is 2. The van der Waals surface area contributed by atoms with Crippen LogP contribution in [0.25, 0.3) is 0 Å². The monoisotopic (exact) mass is 729 g/mol. The average Bonchev–Trinajstić information content (AvgIpc) is 3.10. The lowest BCUT2D eigenvalue weighted by Gasteiger charge is -2.09. The molecule has 16 heteroatoms. The molecule has 0 saturated carbocycles. The van der Waals surface area contributed by atoms with E-state index in [2.05, 4.69) is 17.0 Å². The molecule has 0 aromatic rings. The highest BCUT2D eigenvalue weighted by atomic mass is 16.6. The zero-order valence-corrected chi connectivity index (χ0v) is 30.6. The second-order valence-corrected chi connectivity index (χ2v) is 10.7. The molecule has 0 unspecified atom stereocenters. The topological polar surface area (TPSA) is 177 Å². The normalized spacial score (nSPS) is 11.4. The Hall–Kier alpha value is -1.54. The lowest BCUT2D eigenvalue weighted by molar-refractivity contribution is -0.143. The molecule has 298 valence electrons. The predicted octanol–water partition coefficient (Wildman–Crippen LogP) is 1.75. The first kappa shape index (κ1) is 48.5. The van der Waals surface area contributed by atoms with E-state index in [1.54, 1.807) is 0 Å². The maximum absolute atomic E-state index is 11.4. The van der Waals surface area contributed by atoms with Crippen molar-refractivity contribution in [3.8, 4) is 0 Å². The summed E-state index contributed by atoms with van der Waals surface area (Å²) >= 11 is 0.